The molecule has 2 aromatic heterocycles. The number of hydrogen-bond donors (Lipinski definition) is 0. The Morgan fingerprint density at radius 3 is 1.71 bits per heavy atom. The van der Waals surface area contributed by atoms with Gasteiger partial charge in [0.2, 0.25) is 0 Å². The third-order valence-electron chi connectivity index (χ3n) is 8.42. The van der Waals surface area contributed by atoms with E-state index >= 15 is 4.39 Å². The topological polar surface area (TPSA) is 43.6 Å². The van der Waals surface area contributed by atoms with Crippen LogP contribution in [-0.4, -0.2) is 19.5 Å². The molecule has 8 aromatic rings. The summed E-state index contributed by atoms with van der Waals surface area (Å²) in [6.07, 6.45) is -4.60. The average Bonchev–Trinajstić information content (AvgIpc) is 3.45. The van der Waals surface area contributed by atoms with Gasteiger partial charge in [-0.1, -0.05) is 91.0 Å². The molecule has 0 unspecified atom stereocenters. The van der Waals surface area contributed by atoms with Crippen LogP contribution in [0.15, 0.2) is 140 Å². The first-order chi connectivity index (χ1) is 23.7. The monoisotopic (exact) mass is 654 g/mol. The van der Waals surface area contributed by atoms with Crippen molar-refractivity contribution in [3.63, 3.8) is 0 Å². The van der Waals surface area contributed by atoms with Gasteiger partial charge in [-0.25, -0.2) is 23.7 Å². The van der Waals surface area contributed by atoms with Crippen LogP contribution in [0.2, 0.25) is 0 Å². The summed E-state index contributed by atoms with van der Waals surface area (Å²) >= 11 is 0. The minimum absolute atomic E-state index is 0.122. The van der Waals surface area contributed by atoms with Crippen molar-refractivity contribution in [2.75, 3.05) is 0 Å². The number of benzene rings is 6. The second-order valence-corrected chi connectivity index (χ2v) is 11.5. The van der Waals surface area contributed by atoms with Crippen molar-refractivity contribution in [2.24, 2.45) is 0 Å². The highest BCUT2D eigenvalue weighted by atomic mass is 19.4. The number of rotatable bonds is 5. The Labute approximate surface area is 276 Å². The molecule has 49 heavy (non-hydrogen) atoms. The summed E-state index contributed by atoms with van der Waals surface area (Å²) in [7, 11) is 0. The van der Waals surface area contributed by atoms with Crippen LogP contribution in [0, 0.1) is 11.6 Å². The molecule has 0 aliphatic rings. The first kappa shape index (κ1) is 30.1. The highest BCUT2D eigenvalue weighted by Gasteiger charge is 2.31. The first-order valence-electron chi connectivity index (χ1n) is 15.3. The maximum absolute atomic E-state index is 15.2. The molecule has 0 aliphatic carbocycles. The summed E-state index contributed by atoms with van der Waals surface area (Å²) in [5, 5.41) is 1.32. The van der Waals surface area contributed by atoms with Crippen LogP contribution in [0.5, 0.6) is 0 Å². The van der Waals surface area contributed by atoms with Gasteiger partial charge in [0.05, 0.1) is 22.3 Å². The number of halogens is 5. The van der Waals surface area contributed by atoms with Crippen LogP contribution >= 0.6 is 0 Å². The Bertz CT molecular complexity index is 2450. The number of para-hydroxylation sites is 1. The SMILES string of the molecule is Fc1ccc(-c2ccc(-c3nc(-c4ccccc4)nc(-c4ccccc4)n3)c(-n3c4ccccc4c4ccc(C(F)(F)F)cc43)c2)c(F)c1. The van der Waals surface area contributed by atoms with Crippen LogP contribution in [0.4, 0.5) is 22.0 Å². The third-order valence-corrected chi connectivity index (χ3v) is 8.42. The Balaban J connectivity index is 1.47. The molecule has 0 saturated carbocycles. The van der Waals surface area contributed by atoms with Crippen LogP contribution in [0.1, 0.15) is 5.56 Å². The van der Waals surface area contributed by atoms with Crippen LogP contribution in [-0.2, 0) is 6.18 Å². The fourth-order valence-electron chi connectivity index (χ4n) is 6.13. The molecule has 0 saturated heterocycles. The molecule has 9 heteroatoms. The van der Waals surface area contributed by atoms with Crippen molar-refractivity contribution in [3.05, 3.63) is 157 Å². The zero-order valence-electron chi connectivity index (χ0n) is 25.5. The van der Waals surface area contributed by atoms with E-state index in [4.69, 9.17) is 15.0 Å². The maximum atomic E-state index is 15.2. The predicted octanol–water partition coefficient (Wildman–Crippen LogP) is 10.9. The quantitative estimate of drug-likeness (QED) is 0.174. The van der Waals surface area contributed by atoms with E-state index in [0.717, 1.165) is 40.8 Å². The highest BCUT2D eigenvalue weighted by molar-refractivity contribution is 6.10. The van der Waals surface area contributed by atoms with Gasteiger partial charge in [0.25, 0.3) is 0 Å². The lowest BCUT2D eigenvalue weighted by molar-refractivity contribution is -0.137. The summed E-state index contributed by atoms with van der Waals surface area (Å²) in [5.74, 6) is -0.464. The minimum Gasteiger partial charge on any atom is -0.308 e. The summed E-state index contributed by atoms with van der Waals surface area (Å²) in [5.41, 5.74) is 2.93. The van der Waals surface area contributed by atoms with E-state index in [1.807, 2.05) is 78.9 Å². The molecule has 0 radical (unpaired) electrons. The van der Waals surface area contributed by atoms with E-state index in [2.05, 4.69) is 0 Å². The Hall–Kier alpha value is -6.22. The number of hydrogen-bond acceptors (Lipinski definition) is 3. The molecule has 0 amide bonds. The van der Waals surface area contributed by atoms with E-state index in [9.17, 15) is 17.6 Å². The van der Waals surface area contributed by atoms with Gasteiger partial charge in [-0.15, -0.1) is 0 Å². The van der Waals surface area contributed by atoms with Gasteiger partial charge in [-0.05, 0) is 48.0 Å². The molecule has 0 bridgehead atoms. The van der Waals surface area contributed by atoms with Crippen molar-refractivity contribution in [1.29, 1.82) is 0 Å². The van der Waals surface area contributed by atoms with Crippen molar-refractivity contribution in [3.8, 4) is 51.0 Å². The number of fused-ring (bicyclic) bond motifs is 3. The third kappa shape index (κ3) is 5.49. The molecule has 8 rings (SSSR count). The van der Waals surface area contributed by atoms with Gasteiger partial charge in [-0.2, -0.15) is 13.2 Å². The lowest BCUT2D eigenvalue weighted by Crippen LogP contribution is -2.06. The molecule has 0 N–H and O–H groups in total. The number of nitrogens with zero attached hydrogens (tertiary/aromatic N) is 4. The fourth-order valence-corrected chi connectivity index (χ4v) is 6.13. The van der Waals surface area contributed by atoms with E-state index in [1.54, 1.807) is 28.8 Å². The number of alkyl halides is 3. The van der Waals surface area contributed by atoms with Crippen molar-refractivity contribution < 1.29 is 22.0 Å². The highest BCUT2D eigenvalue weighted by Crippen LogP contribution is 2.40. The summed E-state index contributed by atoms with van der Waals surface area (Å²) in [4.78, 5) is 14.5. The maximum Gasteiger partial charge on any atom is 0.416 e. The first-order valence-corrected chi connectivity index (χ1v) is 15.3. The Morgan fingerprint density at radius 1 is 0.469 bits per heavy atom. The van der Waals surface area contributed by atoms with Gasteiger partial charge in [0.1, 0.15) is 11.6 Å². The smallest absolute Gasteiger partial charge is 0.308 e. The van der Waals surface area contributed by atoms with E-state index < -0.39 is 23.4 Å². The van der Waals surface area contributed by atoms with Crippen molar-refractivity contribution >= 4 is 21.8 Å². The van der Waals surface area contributed by atoms with E-state index in [0.29, 0.717) is 39.4 Å². The summed E-state index contributed by atoms with van der Waals surface area (Å²) < 4.78 is 73.2. The van der Waals surface area contributed by atoms with Crippen LogP contribution in [0.25, 0.3) is 72.8 Å². The standard InChI is InChI=1S/C40H23F5N4/c41-28-17-20-29(33(42)23-28)26-15-18-32(39-47-37(24-9-3-1-4-10-24)46-38(48-39)25-11-5-2-6-12-25)35(21-26)49-34-14-8-7-13-30(34)31-19-16-27(22-36(31)49)40(43,44)45/h1-23H. The van der Waals surface area contributed by atoms with Gasteiger partial charge in [0, 0.05) is 39.1 Å². The zero-order chi connectivity index (χ0) is 33.7. The molecule has 0 spiro atoms. The van der Waals surface area contributed by atoms with Gasteiger partial charge >= 0.3 is 6.18 Å². The minimum atomic E-state index is -4.60. The molecule has 6 aromatic carbocycles. The largest absolute Gasteiger partial charge is 0.416 e. The fraction of sp³-hybridized carbons (Fsp3) is 0.0250. The lowest BCUT2D eigenvalue weighted by Gasteiger charge is -2.17. The van der Waals surface area contributed by atoms with Gasteiger partial charge < -0.3 is 4.57 Å². The van der Waals surface area contributed by atoms with Crippen molar-refractivity contribution in [2.45, 2.75) is 6.18 Å². The molecule has 2 heterocycles. The van der Waals surface area contributed by atoms with E-state index in [1.165, 1.54) is 12.1 Å². The van der Waals surface area contributed by atoms with E-state index in [-0.39, 0.29) is 16.9 Å². The normalized spacial score (nSPS) is 11.8. The second kappa shape index (κ2) is 11.8. The van der Waals surface area contributed by atoms with Crippen molar-refractivity contribution in [1.82, 2.24) is 19.5 Å². The van der Waals surface area contributed by atoms with Gasteiger partial charge in [0.15, 0.2) is 17.5 Å². The summed E-state index contributed by atoms with van der Waals surface area (Å²) in [6, 6.07) is 38.0. The molecule has 4 nitrogen and oxygen atoms in total. The Kier molecular flexibility index (Phi) is 7.25. The molecule has 0 atom stereocenters. The number of aromatic nitrogens is 4. The molecule has 0 fully saturated rings. The zero-order valence-corrected chi connectivity index (χ0v) is 25.5. The predicted molar refractivity (Wildman–Crippen MR) is 181 cm³/mol. The second-order valence-electron chi connectivity index (χ2n) is 11.5. The lowest BCUT2D eigenvalue weighted by atomic mass is 10.0. The molecular formula is C40H23F5N4. The Morgan fingerprint density at radius 2 is 1.06 bits per heavy atom. The van der Waals surface area contributed by atoms with Crippen LogP contribution in [0.3, 0.4) is 0 Å². The summed E-state index contributed by atoms with van der Waals surface area (Å²) in [6.45, 7) is 0. The molecular weight excluding hydrogens is 631 g/mol. The molecule has 238 valence electrons. The van der Waals surface area contributed by atoms with Gasteiger partial charge in [-0.3, -0.25) is 0 Å². The van der Waals surface area contributed by atoms with Crippen LogP contribution < -0.4 is 0 Å². The molecule has 0 aliphatic heterocycles. The average molecular weight is 655 g/mol.